The van der Waals surface area contributed by atoms with E-state index in [1.807, 2.05) is 0 Å². The summed E-state index contributed by atoms with van der Waals surface area (Å²) in [6.45, 7) is 5.05. The molecule has 0 aromatic carbocycles. The molecule has 0 spiro atoms. The summed E-state index contributed by atoms with van der Waals surface area (Å²) in [7, 11) is 0. The van der Waals surface area contributed by atoms with E-state index in [9.17, 15) is 5.11 Å². The molecular formula is C12H25NO2. The SMILES string of the molecule is CC1CCCN(CCCCCO)C1CO. The fraction of sp³-hybridized carbons (Fsp3) is 1.00. The fourth-order valence-corrected chi connectivity index (χ4v) is 2.51. The smallest absolute Gasteiger partial charge is 0.0589 e. The number of nitrogens with zero attached hydrogens (tertiary/aromatic N) is 1. The molecule has 1 heterocycles. The van der Waals surface area contributed by atoms with Crippen LogP contribution >= 0.6 is 0 Å². The van der Waals surface area contributed by atoms with E-state index < -0.39 is 0 Å². The van der Waals surface area contributed by atoms with Gasteiger partial charge in [-0.2, -0.15) is 0 Å². The maximum absolute atomic E-state index is 9.35. The molecule has 3 nitrogen and oxygen atoms in total. The number of hydrogen-bond acceptors (Lipinski definition) is 3. The van der Waals surface area contributed by atoms with Gasteiger partial charge in [-0.05, 0) is 51.1 Å². The average Bonchev–Trinajstić information content (AvgIpc) is 2.24. The van der Waals surface area contributed by atoms with E-state index in [1.54, 1.807) is 0 Å². The molecular weight excluding hydrogens is 190 g/mol. The van der Waals surface area contributed by atoms with E-state index in [-0.39, 0.29) is 0 Å². The van der Waals surface area contributed by atoms with Gasteiger partial charge in [0.15, 0.2) is 0 Å². The first-order valence-corrected chi connectivity index (χ1v) is 6.25. The van der Waals surface area contributed by atoms with Gasteiger partial charge < -0.3 is 10.2 Å². The molecule has 0 bridgehead atoms. The van der Waals surface area contributed by atoms with Gasteiger partial charge in [0.05, 0.1) is 6.61 Å². The Balaban J connectivity index is 2.25. The summed E-state index contributed by atoms with van der Waals surface area (Å²) in [5.74, 6) is 0.626. The molecule has 0 aromatic heterocycles. The van der Waals surface area contributed by atoms with Gasteiger partial charge in [0.2, 0.25) is 0 Å². The Kier molecular flexibility index (Phi) is 6.22. The van der Waals surface area contributed by atoms with E-state index in [4.69, 9.17) is 5.11 Å². The fourth-order valence-electron chi connectivity index (χ4n) is 2.51. The number of piperidine rings is 1. The predicted molar refractivity (Wildman–Crippen MR) is 61.8 cm³/mol. The van der Waals surface area contributed by atoms with E-state index in [2.05, 4.69) is 11.8 Å². The Morgan fingerprint density at radius 3 is 2.67 bits per heavy atom. The zero-order valence-corrected chi connectivity index (χ0v) is 9.86. The van der Waals surface area contributed by atoms with Crippen LogP contribution in [0, 0.1) is 5.92 Å². The molecule has 1 rings (SSSR count). The lowest BCUT2D eigenvalue weighted by molar-refractivity contribution is 0.0515. The predicted octanol–water partition coefficient (Wildman–Crippen LogP) is 1.24. The Labute approximate surface area is 93.1 Å². The van der Waals surface area contributed by atoms with Gasteiger partial charge in [0.1, 0.15) is 0 Å². The second kappa shape index (κ2) is 7.20. The van der Waals surface area contributed by atoms with Crippen molar-refractivity contribution in [3.63, 3.8) is 0 Å². The highest BCUT2D eigenvalue weighted by atomic mass is 16.3. The van der Waals surface area contributed by atoms with Crippen LogP contribution in [0.5, 0.6) is 0 Å². The molecule has 1 aliphatic rings. The summed E-state index contributed by atoms with van der Waals surface area (Å²) in [5, 5.41) is 18.0. The van der Waals surface area contributed by atoms with Gasteiger partial charge in [0.25, 0.3) is 0 Å². The third kappa shape index (κ3) is 4.09. The molecule has 0 aromatic rings. The number of hydrogen-bond donors (Lipinski definition) is 2. The lowest BCUT2D eigenvalue weighted by atomic mass is 9.91. The third-order valence-electron chi connectivity index (χ3n) is 3.52. The first-order valence-electron chi connectivity index (χ1n) is 6.25. The summed E-state index contributed by atoms with van der Waals surface area (Å²) >= 11 is 0. The highest BCUT2D eigenvalue weighted by Crippen LogP contribution is 2.23. The molecule has 1 fully saturated rings. The van der Waals surface area contributed by atoms with Crippen molar-refractivity contribution in [2.45, 2.75) is 45.1 Å². The molecule has 2 atom stereocenters. The van der Waals surface area contributed by atoms with E-state index >= 15 is 0 Å². The number of aliphatic hydroxyl groups excluding tert-OH is 2. The minimum Gasteiger partial charge on any atom is -0.396 e. The Bertz CT molecular complexity index is 164. The van der Waals surface area contributed by atoms with Crippen LogP contribution in [0.4, 0.5) is 0 Å². The Morgan fingerprint density at radius 1 is 1.20 bits per heavy atom. The van der Waals surface area contributed by atoms with Crippen LogP contribution in [-0.2, 0) is 0 Å². The summed E-state index contributed by atoms with van der Waals surface area (Å²) in [5.41, 5.74) is 0. The van der Waals surface area contributed by atoms with Gasteiger partial charge >= 0.3 is 0 Å². The molecule has 0 aliphatic carbocycles. The highest BCUT2D eigenvalue weighted by molar-refractivity contribution is 4.81. The molecule has 0 amide bonds. The average molecular weight is 215 g/mol. The van der Waals surface area contributed by atoms with Crippen molar-refractivity contribution < 1.29 is 10.2 Å². The van der Waals surface area contributed by atoms with Gasteiger partial charge in [-0.3, -0.25) is 4.90 Å². The molecule has 3 heteroatoms. The van der Waals surface area contributed by atoms with Gasteiger partial charge in [-0.15, -0.1) is 0 Å². The van der Waals surface area contributed by atoms with Crippen molar-refractivity contribution in [3.05, 3.63) is 0 Å². The van der Waals surface area contributed by atoms with Crippen LogP contribution in [0.2, 0.25) is 0 Å². The number of unbranched alkanes of at least 4 members (excludes halogenated alkanes) is 2. The molecule has 2 N–H and O–H groups in total. The van der Waals surface area contributed by atoms with Crippen LogP contribution in [0.15, 0.2) is 0 Å². The number of rotatable bonds is 6. The maximum atomic E-state index is 9.35. The van der Waals surface area contributed by atoms with Gasteiger partial charge in [-0.1, -0.05) is 6.92 Å². The molecule has 90 valence electrons. The Morgan fingerprint density at radius 2 is 2.00 bits per heavy atom. The summed E-state index contributed by atoms with van der Waals surface area (Å²) < 4.78 is 0. The van der Waals surface area contributed by atoms with E-state index in [0.717, 1.165) is 32.4 Å². The number of aliphatic hydroxyl groups is 2. The van der Waals surface area contributed by atoms with Crippen molar-refractivity contribution in [1.82, 2.24) is 4.90 Å². The summed E-state index contributed by atoms with van der Waals surface area (Å²) in [6, 6.07) is 0.368. The third-order valence-corrected chi connectivity index (χ3v) is 3.52. The summed E-state index contributed by atoms with van der Waals surface area (Å²) in [4.78, 5) is 2.42. The Hall–Kier alpha value is -0.120. The van der Waals surface area contributed by atoms with Crippen molar-refractivity contribution in [2.24, 2.45) is 5.92 Å². The maximum Gasteiger partial charge on any atom is 0.0589 e. The quantitative estimate of drug-likeness (QED) is 0.655. The normalized spacial score (nSPS) is 28.2. The molecule has 0 saturated carbocycles. The van der Waals surface area contributed by atoms with Gasteiger partial charge in [0, 0.05) is 12.6 Å². The van der Waals surface area contributed by atoms with E-state index in [0.29, 0.717) is 25.2 Å². The standard InChI is InChI=1S/C12H25NO2/c1-11-6-5-8-13(12(11)10-15)7-3-2-4-9-14/h11-12,14-15H,2-10H2,1H3. The lowest BCUT2D eigenvalue weighted by Gasteiger charge is -2.39. The first kappa shape index (κ1) is 12.9. The molecule has 1 saturated heterocycles. The minimum absolute atomic E-state index is 0.293. The van der Waals surface area contributed by atoms with Crippen LogP contribution < -0.4 is 0 Å². The van der Waals surface area contributed by atoms with Crippen molar-refractivity contribution >= 4 is 0 Å². The molecule has 1 aliphatic heterocycles. The van der Waals surface area contributed by atoms with E-state index in [1.165, 1.54) is 12.8 Å². The van der Waals surface area contributed by atoms with Crippen molar-refractivity contribution in [3.8, 4) is 0 Å². The summed E-state index contributed by atoms with van der Waals surface area (Å²) in [6.07, 6.45) is 5.66. The van der Waals surface area contributed by atoms with Crippen LogP contribution in [-0.4, -0.2) is 47.5 Å². The molecule has 0 radical (unpaired) electrons. The van der Waals surface area contributed by atoms with Gasteiger partial charge in [-0.25, -0.2) is 0 Å². The monoisotopic (exact) mass is 215 g/mol. The topological polar surface area (TPSA) is 43.7 Å². The minimum atomic E-state index is 0.293. The molecule has 15 heavy (non-hydrogen) atoms. The second-order valence-corrected chi connectivity index (χ2v) is 4.69. The molecule has 2 unspecified atom stereocenters. The van der Waals surface area contributed by atoms with Crippen LogP contribution in [0.25, 0.3) is 0 Å². The zero-order chi connectivity index (χ0) is 11.1. The largest absolute Gasteiger partial charge is 0.396 e. The van der Waals surface area contributed by atoms with Crippen molar-refractivity contribution in [1.29, 1.82) is 0 Å². The second-order valence-electron chi connectivity index (χ2n) is 4.69. The lowest BCUT2D eigenvalue weighted by Crippen LogP contribution is -2.46. The first-order chi connectivity index (χ1) is 7.29. The number of likely N-dealkylation sites (tertiary alicyclic amines) is 1. The van der Waals surface area contributed by atoms with Crippen molar-refractivity contribution in [2.75, 3.05) is 26.3 Å². The zero-order valence-electron chi connectivity index (χ0n) is 9.86. The van der Waals surface area contributed by atoms with Crippen LogP contribution in [0.1, 0.15) is 39.0 Å². The highest BCUT2D eigenvalue weighted by Gasteiger charge is 2.26. The van der Waals surface area contributed by atoms with Crippen LogP contribution in [0.3, 0.4) is 0 Å².